The van der Waals surface area contributed by atoms with Gasteiger partial charge in [0.2, 0.25) is 5.91 Å². The van der Waals surface area contributed by atoms with E-state index >= 15 is 0 Å². The van der Waals surface area contributed by atoms with Crippen LogP contribution in [0.25, 0.3) is 0 Å². The van der Waals surface area contributed by atoms with Crippen LogP contribution in [0.4, 0.5) is 0 Å². The molecule has 3 aliphatic rings. The third-order valence-electron chi connectivity index (χ3n) is 7.38. The van der Waals surface area contributed by atoms with Gasteiger partial charge in [0.25, 0.3) is 11.5 Å². The van der Waals surface area contributed by atoms with E-state index in [2.05, 4.69) is 9.97 Å². The van der Waals surface area contributed by atoms with Crippen molar-refractivity contribution in [2.75, 3.05) is 13.1 Å². The highest BCUT2D eigenvalue weighted by molar-refractivity contribution is 5.94. The molecule has 1 N–H and O–H groups in total. The topological polar surface area (TPSA) is 99.3 Å². The van der Waals surface area contributed by atoms with Gasteiger partial charge in [-0.15, -0.1) is 0 Å². The van der Waals surface area contributed by atoms with Crippen LogP contribution in [-0.4, -0.2) is 49.7 Å². The SMILES string of the molecule is O=C(c1ccncc1)N1CCc2c(nc([C@H]3CCCCN3C(=O)CC3CCCC3)[nH]c2=O)C1. The molecule has 2 fully saturated rings. The lowest BCUT2D eigenvalue weighted by Gasteiger charge is -2.36. The van der Waals surface area contributed by atoms with Crippen molar-refractivity contribution in [2.45, 2.75) is 70.4 Å². The number of aromatic amines is 1. The molecule has 0 bridgehead atoms. The van der Waals surface area contributed by atoms with E-state index in [9.17, 15) is 14.4 Å². The summed E-state index contributed by atoms with van der Waals surface area (Å²) in [6, 6.07) is 3.20. The summed E-state index contributed by atoms with van der Waals surface area (Å²) in [5.74, 6) is 1.15. The summed E-state index contributed by atoms with van der Waals surface area (Å²) in [6.07, 6.45) is 11.8. The highest BCUT2D eigenvalue weighted by Gasteiger charge is 2.33. The molecule has 0 unspecified atom stereocenters. The first-order valence-corrected chi connectivity index (χ1v) is 12.2. The minimum Gasteiger partial charge on any atom is -0.333 e. The van der Waals surface area contributed by atoms with Crippen molar-refractivity contribution in [1.29, 1.82) is 0 Å². The second kappa shape index (κ2) is 9.45. The number of piperidine rings is 1. The molecule has 1 saturated carbocycles. The van der Waals surface area contributed by atoms with Gasteiger partial charge in [-0.1, -0.05) is 12.8 Å². The molecule has 1 aliphatic carbocycles. The van der Waals surface area contributed by atoms with Crippen LogP contribution >= 0.6 is 0 Å². The van der Waals surface area contributed by atoms with Crippen LogP contribution in [0.5, 0.6) is 0 Å². The Bertz CT molecular complexity index is 1080. The highest BCUT2D eigenvalue weighted by atomic mass is 16.2. The van der Waals surface area contributed by atoms with Crippen LogP contribution in [0.1, 0.15) is 84.8 Å². The molecule has 8 heteroatoms. The van der Waals surface area contributed by atoms with Gasteiger partial charge in [0.15, 0.2) is 0 Å². The summed E-state index contributed by atoms with van der Waals surface area (Å²) in [6.45, 7) is 1.49. The molecule has 8 nitrogen and oxygen atoms in total. The number of pyridine rings is 1. The minimum atomic E-state index is -0.197. The molecule has 2 aromatic heterocycles. The molecule has 0 radical (unpaired) electrons. The zero-order chi connectivity index (χ0) is 22.8. The van der Waals surface area contributed by atoms with E-state index in [0.717, 1.165) is 32.1 Å². The molecule has 4 heterocycles. The van der Waals surface area contributed by atoms with Crippen LogP contribution in [-0.2, 0) is 17.8 Å². The molecule has 0 aromatic carbocycles. The maximum Gasteiger partial charge on any atom is 0.254 e. The number of hydrogen-bond donors (Lipinski definition) is 1. The lowest BCUT2D eigenvalue weighted by Crippen LogP contribution is -2.42. The van der Waals surface area contributed by atoms with Gasteiger partial charge < -0.3 is 14.8 Å². The number of fused-ring (bicyclic) bond motifs is 1. The smallest absolute Gasteiger partial charge is 0.254 e. The number of amides is 2. The molecule has 1 atom stereocenters. The number of rotatable bonds is 4. The molecule has 2 aromatic rings. The summed E-state index contributed by atoms with van der Waals surface area (Å²) >= 11 is 0. The quantitative estimate of drug-likeness (QED) is 0.774. The molecule has 174 valence electrons. The van der Waals surface area contributed by atoms with Gasteiger partial charge in [0.05, 0.1) is 18.3 Å². The molecule has 1 saturated heterocycles. The molecule has 0 spiro atoms. The van der Waals surface area contributed by atoms with Gasteiger partial charge in [-0.2, -0.15) is 0 Å². The Hall–Kier alpha value is -3.03. The summed E-state index contributed by atoms with van der Waals surface area (Å²) in [5.41, 5.74) is 1.74. The number of aromatic nitrogens is 3. The minimum absolute atomic E-state index is 0.0854. The summed E-state index contributed by atoms with van der Waals surface area (Å²) in [4.78, 5) is 54.5. The van der Waals surface area contributed by atoms with Crippen LogP contribution in [0.15, 0.2) is 29.3 Å². The van der Waals surface area contributed by atoms with E-state index in [0.29, 0.717) is 61.0 Å². The van der Waals surface area contributed by atoms with Gasteiger partial charge in [0.1, 0.15) is 5.82 Å². The largest absolute Gasteiger partial charge is 0.333 e. The second-order valence-corrected chi connectivity index (χ2v) is 9.54. The molecule has 2 amide bonds. The fraction of sp³-hybridized carbons (Fsp3) is 0.560. The number of nitrogens with zero attached hydrogens (tertiary/aromatic N) is 4. The van der Waals surface area contributed by atoms with Crippen LogP contribution in [0.2, 0.25) is 0 Å². The highest BCUT2D eigenvalue weighted by Crippen LogP contribution is 2.33. The van der Waals surface area contributed by atoms with E-state index in [1.54, 1.807) is 29.4 Å². The van der Waals surface area contributed by atoms with Crippen molar-refractivity contribution < 1.29 is 9.59 Å². The molecule has 2 aliphatic heterocycles. The maximum absolute atomic E-state index is 13.2. The number of hydrogen-bond acceptors (Lipinski definition) is 5. The number of H-pyrrole nitrogens is 1. The Balaban J connectivity index is 1.38. The summed E-state index contributed by atoms with van der Waals surface area (Å²) < 4.78 is 0. The van der Waals surface area contributed by atoms with E-state index in [1.807, 2.05) is 4.90 Å². The van der Waals surface area contributed by atoms with E-state index in [1.165, 1.54) is 12.8 Å². The van der Waals surface area contributed by atoms with Crippen molar-refractivity contribution in [2.24, 2.45) is 5.92 Å². The number of likely N-dealkylation sites (tertiary alicyclic amines) is 1. The first-order chi connectivity index (χ1) is 16.1. The maximum atomic E-state index is 13.2. The zero-order valence-corrected chi connectivity index (χ0v) is 19.0. The molecular formula is C25H31N5O3. The lowest BCUT2D eigenvalue weighted by atomic mass is 9.97. The van der Waals surface area contributed by atoms with E-state index in [4.69, 9.17) is 4.98 Å². The van der Waals surface area contributed by atoms with Gasteiger partial charge in [0, 0.05) is 43.0 Å². The van der Waals surface area contributed by atoms with E-state index < -0.39 is 0 Å². The molecule has 5 rings (SSSR count). The standard InChI is InChI=1S/C25H31N5O3/c31-22(15-17-5-1-2-6-17)30-13-4-3-7-21(30)23-27-20-16-29(14-10-19(20)24(32)28-23)25(33)18-8-11-26-12-9-18/h8-9,11-12,17,21H,1-7,10,13-16H2,(H,27,28,32)/t21-/m1/s1. The van der Waals surface area contributed by atoms with Gasteiger partial charge in [-0.05, 0) is 56.6 Å². The second-order valence-electron chi connectivity index (χ2n) is 9.54. The lowest BCUT2D eigenvalue weighted by molar-refractivity contribution is -0.136. The summed E-state index contributed by atoms with van der Waals surface area (Å²) in [7, 11) is 0. The van der Waals surface area contributed by atoms with Gasteiger partial charge in [-0.25, -0.2) is 4.98 Å². The van der Waals surface area contributed by atoms with Crippen LogP contribution in [0.3, 0.4) is 0 Å². The number of carbonyl (C=O) groups is 2. The monoisotopic (exact) mass is 449 g/mol. The van der Waals surface area contributed by atoms with Crippen molar-refractivity contribution in [3.63, 3.8) is 0 Å². The zero-order valence-electron chi connectivity index (χ0n) is 19.0. The average molecular weight is 450 g/mol. The van der Waals surface area contributed by atoms with Crippen molar-refractivity contribution in [1.82, 2.24) is 24.8 Å². The van der Waals surface area contributed by atoms with Crippen LogP contribution < -0.4 is 5.56 Å². The average Bonchev–Trinajstić information content (AvgIpc) is 3.36. The Labute approximate surface area is 193 Å². The van der Waals surface area contributed by atoms with Gasteiger partial charge in [-0.3, -0.25) is 19.4 Å². The number of carbonyl (C=O) groups excluding carboxylic acids is 2. The normalized spacial score (nSPS) is 21.2. The molecular weight excluding hydrogens is 418 g/mol. The van der Waals surface area contributed by atoms with Crippen molar-refractivity contribution >= 4 is 11.8 Å². The third kappa shape index (κ3) is 4.56. The van der Waals surface area contributed by atoms with Crippen LogP contribution in [0, 0.1) is 5.92 Å². The van der Waals surface area contributed by atoms with E-state index in [-0.39, 0.29) is 23.4 Å². The Morgan fingerprint density at radius 2 is 1.79 bits per heavy atom. The first kappa shape index (κ1) is 21.8. The van der Waals surface area contributed by atoms with Gasteiger partial charge >= 0.3 is 0 Å². The third-order valence-corrected chi connectivity index (χ3v) is 7.38. The Kier molecular flexibility index (Phi) is 6.24. The van der Waals surface area contributed by atoms with Crippen molar-refractivity contribution in [3.05, 3.63) is 57.5 Å². The predicted octanol–water partition coefficient (Wildman–Crippen LogP) is 3.00. The number of nitrogens with one attached hydrogen (secondary N) is 1. The summed E-state index contributed by atoms with van der Waals surface area (Å²) in [5, 5.41) is 0. The van der Waals surface area contributed by atoms with Crippen molar-refractivity contribution in [3.8, 4) is 0 Å². The predicted molar refractivity (Wildman–Crippen MR) is 122 cm³/mol. The fourth-order valence-corrected chi connectivity index (χ4v) is 5.56. The fourth-order valence-electron chi connectivity index (χ4n) is 5.56. The molecule has 33 heavy (non-hydrogen) atoms. The first-order valence-electron chi connectivity index (χ1n) is 12.2. The Morgan fingerprint density at radius 3 is 2.58 bits per heavy atom. The Morgan fingerprint density at radius 1 is 1.03 bits per heavy atom.